The average Bonchev–Trinajstić information content (AvgIpc) is 2.79. The Morgan fingerprint density at radius 2 is 1.84 bits per heavy atom. The Kier molecular flexibility index (Phi) is 5.90. The lowest BCUT2D eigenvalue weighted by molar-refractivity contribution is -0.134. The van der Waals surface area contributed by atoms with Gasteiger partial charge in [0.15, 0.2) is 0 Å². The zero-order valence-electron chi connectivity index (χ0n) is 15.6. The molecule has 9 heteroatoms. The smallest absolute Gasteiger partial charge is 0.244 e. The van der Waals surface area contributed by atoms with Gasteiger partial charge < -0.3 is 10.6 Å². The van der Waals surface area contributed by atoms with E-state index < -0.39 is 16.1 Å². The molecule has 1 saturated heterocycles. The molecule has 2 rings (SSSR count). The molecule has 0 saturated carbocycles. The van der Waals surface area contributed by atoms with Gasteiger partial charge in [-0.3, -0.25) is 9.48 Å². The van der Waals surface area contributed by atoms with Crippen molar-refractivity contribution in [2.45, 2.75) is 57.5 Å². The average molecular weight is 372 g/mol. The number of nitrogens with two attached hydrogens (primary N) is 1. The molecule has 1 aromatic rings. The molecular formula is C16H29N5O3S. The predicted molar refractivity (Wildman–Crippen MR) is 95.4 cm³/mol. The topological polar surface area (TPSA) is 110 Å². The summed E-state index contributed by atoms with van der Waals surface area (Å²) in [5.74, 6) is 0.211. The molecule has 1 aliphatic rings. The summed E-state index contributed by atoms with van der Waals surface area (Å²) >= 11 is 0. The molecule has 0 aromatic carbocycles. The number of aryl methyl sites for hydroxylation is 2. The van der Waals surface area contributed by atoms with Gasteiger partial charge in [-0.25, -0.2) is 8.42 Å². The first-order valence-electron chi connectivity index (χ1n) is 8.61. The van der Waals surface area contributed by atoms with Gasteiger partial charge in [-0.15, -0.1) is 0 Å². The van der Waals surface area contributed by atoms with Gasteiger partial charge in [-0.1, -0.05) is 0 Å². The van der Waals surface area contributed by atoms with Crippen LogP contribution in [0.4, 0.5) is 0 Å². The molecule has 2 unspecified atom stereocenters. The number of hydrogen-bond acceptors (Lipinski definition) is 5. The SMILES string of the molecule is Cc1nn(C)c(C)c1S(=O)(=O)NC(C)C(=O)N1CCC(C(C)N)CC1. The van der Waals surface area contributed by atoms with Gasteiger partial charge in [-0.05, 0) is 46.5 Å². The van der Waals surface area contributed by atoms with E-state index in [4.69, 9.17) is 5.73 Å². The van der Waals surface area contributed by atoms with Crippen LogP contribution < -0.4 is 10.5 Å². The van der Waals surface area contributed by atoms with Crippen molar-refractivity contribution >= 4 is 15.9 Å². The van der Waals surface area contributed by atoms with Gasteiger partial charge in [0.2, 0.25) is 15.9 Å². The third-order valence-corrected chi connectivity index (χ3v) is 6.80. The van der Waals surface area contributed by atoms with Gasteiger partial charge in [0.25, 0.3) is 0 Å². The van der Waals surface area contributed by atoms with Crippen molar-refractivity contribution in [2.24, 2.45) is 18.7 Å². The molecule has 142 valence electrons. The minimum Gasteiger partial charge on any atom is -0.341 e. The molecule has 2 atom stereocenters. The third-order valence-electron chi connectivity index (χ3n) is 5.01. The third kappa shape index (κ3) is 4.21. The molecule has 0 radical (unpaired) electrons. The van der Waals surface area contributed by atoms with Crippen LogP contribution in [-0.2, 0) is 21.9 Å². The number of nitrogens with one attached hydrogen (secondary N) is 1. The maximum Gasteiger partial charge on any atom is 0.244 e. The summed E-state index contributed by atoms with van der Waals surface area (Å²) in [6.45, 7) is 8.13. The number of rotatable bonds is 5. The number of sulfonamides is 1. The molecule has 1 amide bonds. The lowest BCUT2D eigenvalue weighted by atomic mass is 9.91. The highest BCUT2D eigenvalue weighted by atomic mass is 32.2. The fraction of sp³-hybridized carbons (Fsp3) is 0.750. The van der Waals surface area contributed by atoms with E-state index in [-0.39, 0.29) is 16.8 Å². The standard InChI is InChI=1S/C16H29N5O3S/c1-10(17)14-6-8-21(9-7-14)16(22)12(3)19-25(23,24)15-11(2)18-20(5)13(15)4/h10,12,14,19H,6-9,17H2,1-5H3. The first-order chi connectivity index (χ1) is 11.5. The molecule has 25 heavy (non-hydrogen) atoms. The quantitative estimate of drug-likeness (QED) is 0.773. The summed E-state index contributed by atoms with van der Waals surface area (Å²) in [4.78, 5) is 14.5. The van der Waals surface area contributed by atoms with Crippen LogP contribution in [0.3, 0.4) is 0 Å². The number of aromatic nitrogens is 2. The van der Waals surface area contributed by atoms with Gasteiger partial charge in [-0.2, -0.15) is 9.82 Å². The number of carbonyl (C=O) groups excluding carboxylic acids is 1. The molecule has 2 heterocycles. The van der Waals surface area contributed by atoms with Crippen molar-refractivity contribution in [3.63, 3.8) is 0 Å². The van der Waals surface area contributed by atoms with Gasteiger partial charge in [0.1, 0.15) is 4.90 Å². The molecule has 3 N–H and O–H groups in total. The molecule has 0 bridgehead atoms. The zero-order chi connectivity index (χ0) is 18.9. The molecule has 1 aliphatic heterocycles. The molecule has 0 aliphatic carbocycles. The van der Waals surface area contributed by atoms with Crippen molar-refractivity contribution in [3.05, 3.63) is 11.4 Å². The van der Waals surface area contributed by atoms with E-state index in [9.17, 15) is 13.2 Å². The summed E-state index contributed by atoms with van der Waals surface area (Å²) in [5.41, 5.74) is 6.89. The lowest BCUT2D eigenvalue weighted by Crippen LogP contribution is -2.50. The van der Waals surface area contributed by atoms with Crippen LogP contribution in [0.5, 0.6) is 0 Å². The number of likely N-dealkylation sites (tertiary alicyclic amines) is 1. The van der Waals surface area contributed by atoms with Gasteiger partial charge in [0, 0.05) is 26.2 Å². The van der Waals surface area contributed by atoms with Crippen LogP contribution in [-0.4, -0.2) is 54.2 Å². The first-order valence-corrected chi connectivity index (χ1v) is 10.1. The Balaban J connectivity index is 2.06. The molecule has 0 spiro atoms. The van der Waals surface area contributed by atoms with E-state index in [2.05, 4.69) is 9.82 Å². The number of hydrogen-bond donors (Lipinski definition) is 2. The number of amides is 1. The fourth-order valence-corrected chi connectivity index (χ4v) is 5.04. The molecule has 1 fully saturated rings. The predicted octanol–water partition coefficient (Wildman–Crippen LogP) is 0.290. The Bertz CT molecular complexity index is 733. The van der Waals surface area contributed by atoms with Crippen LogP contribution in [0.1, 0.15) is 38.1 Å². The van der Waals surface area contributed by atoms with Crippen LogP contribution in [0.15, 0.2) is 4.90 Å². The van der Waals surface area contributed by atoms with Crippen molar-refractivity contribution < 1.29 is 13.2 Å². The second-order valence-corrected chi connectivity index (χ2v) is 8.64. The zero-order valence-corrected chi connectivity index (χ0v) is 16.4. The van der Waals surface area contributed by atoms with Gasteiger partial charge >= 0.3 is 0 Å². The highest BCUT2D eigenvalue weighted by molar-refractivity contribution is 7.89. The van der Waals surface area contributed by atoms with Crippen LogP contribution >= 0.6 is 0 Å². The maximum atomic E-state index is 12.7. The monoisotopic (exact) mass is 371 g/mol. The normalized spacial score (nSPS) is 19.0. The number of nitrogens with zero attached hydrogens (tertiary/aromatic N) is 3. The van der Waals surface area contributed by atoms with Gasteiger partial charge in [0.05, 0.1) is 17.4 Å². The Morgan fingerprint density at radius 1 is 1.28 bits per heavy atom. The van der Waals surface area contributed by atoms with E-state index in [1.807, 2.05) is 6.92 Å². The molecular weight excluding hydrogens is 342 g/mol. The lowest BCUT2D eigenvalue weighted by Gasteiger charge is -2.35. The minimum absolute atomic E-state index is 0.115. The van der Waals surface area contributed by atoms with Crippen molar-refractivity contribution in [1.82, 2.24) is 19.4 Å². The second kappa shape index (κ2) is 7.43. The number of piperidine rings is 1. The Labute approximate surface area is 149 Å². The number of carbonyl (C=O) groups is 1. The highest BCUT2D eigenvalue weighted by Crippen LogP contribution is 2.21. The summed E-state index contributed by atoms with van der Waals surface area (Å²) in [6.07, 6.45) is 1.70. The van der Waals surface area contributed by atoms with Crippen LogP contribution in [0, 0.1) is 19.8 Å². The summed E-state index contributed by atoms with van der Waals surface area (Å²) in [7, 11) is -2.12. The Hall–Kier alpha value is -1.45. The summed E-state index contributed by atoms with van der Waals surface area (Å²) in [5, 5.41) is 4.13. The van der Waals surface area contributed by atoms with Crippen LogP contribution in [0.25, 0.3) is 0 Å². The molecule has 8 nitrogen and oxygen atoms in total. The largest absolute Gasteiger partial charge is 0.341 e. The van der Waals surface area contributed by atoms with Crippen molar-refractivity contribution in [2.75, 3.05) is 13.1 Å². The second-order valence-electron chi connectivity index (χ2n) is 6.99. The first kappa shape index (κ1) is 19.9. The van der Waals surface area contributed by atoms with E-state index in [1.54, 1.807) is 32.7 Å². The maximum absolute atomic E-state index is 12.7. The van der Waals surface area contributed by atoms with E-state index in [1.165, 1.54) is 4.68 Å². The van der Waals surface area contributed by atoms with E-state index in [0.717, 1.165) is 12.8 Å². The summed E-state index contributed by atoms with van der Waals surface area (Å²) in [6, 6.07) is -0.708. The Morgan fingerprint density at radius 3 is 2.28 bits per heavy atom. The minimum atomic E-state index is -3.81. The fourth-order valence-electron chi connectivity index (χ4n) is 3.40. The van der Waals surface area contributed by atoms with E-state index >= 15 is 0 Å². The van der Waals surface area contributed by atoms with Crippen molar-refractivity contribution in [3.8, 4) is 0 Å². The molecule has 1 aromatic heterocycles. The van der Waals surface area contributed by atoms with Crippen LogP contribution in [0.2, 0.25) is 0 Å². The summed E-state index contributed by atoms with van der Waals surface area (Å²) < 4.78 is 29.4. The van der Waals surface area contributed by atoms with Crippen molar-refractivity contribution in [1.29, 1.82) is 0 Å². The highest BCUT2D eigenvalue weighted by Gasteiger charge is 2.31. The van der Waals surface area contributed by atoms with E-state index in [0.29, 0.717) is 30.4 Å².